The minimum absolute atomic E-state index is 0.0406. The summed E-state index contributed by atoms with van der Waals surface area (Å²) in [6.07, 6.45) is -4.52. The highest BCUT2D eigenvalue weighted by Gasteiger charge is 2.28. The van der Waals surface area contributed by atoms with Crippen LogP contribution < -0.4 is 11.1 Å². The number of aromatic hydroxyl groups is 1. The van der Waals surface area contributed by atoms with Crippen LogP contribution in [0.15, 0.2) is 18.2 Å². The Labute approximate surface area is 118 Å². The quantitative estimate of drug-likeness (QED) is 0.564. The Kier molecular flexibility index (Phi) is 5.01. The Bertz CT molecular complexity index is 546. The zero-order valence-corrected chi connectivity index (χ0v) is 11.1. The molecule has 1 aromatic carbocycles. The monoisotopic (exact) mass is 305 g/mol. The van der Waals surface area contributed by atoms with E-state index in [-0.39, 0.29) is 17.0 Å². The Morgan fingerprint density at radius 3 is 2.57 bits per heavy atom. The van der Waals surface area contributed by atoms with Crippen LogP contribution in [-0.2, 0) is 4.79 Å². The lowest BCUT2D eigenvalue weighted by molar-refractivity contribution is -0.138. The number of carbonyl (C=O) groups is 2. The molecule has 0 aliphatic rings. The van der Waals surface area contributed by atoms with Gasteiger partial charge in [0.15, 0.2) is 0 Å². The van der Waals surface area contributed by atoms with E-state index in [4.69, 9.17) is 5.73 Å². The van der Waals surface area contributed by atoms with Gasteiger partial charge in [-0.1, -0.05) is 0 Å². The van der Waals surface area contributed by atoms with E-state index in [0.29, 0.717) is 0 Å². The van der Waals surface area contributed by atoms with Crippen molar-refractivity contribution in [3.05, 3.63) is 23.8 Å². The van der Waals surface area contributed by atoms with Gasteiger partial charge in [0.2, 0.25) is 5.91 Å². The van der Waals surface area contributed by atoms with E-state index >= 15 is 0 Å². The number of phenolic OH excluding ortho intramolecular Hbond substituents is 1. The number of phenols is 1. The van der Waals surface area contributed by atoms with Gasteiger partial charge < -0.3 is 21.1 Å². The van der Waals surface area contributed by atoms with Crippen molar-refractivity contribution >= 4 is 17.5 Å². The molecule has 0 aliphatic carbocycles. The van der Waals surface area contributed by atoms with Gasteiger partial charge in [-0.3, -0.25) is 9.59 Å². The SMILES string of the molecule is CN(CC(=O)NCC(F)(F)F)C(=O)c1cc(O)ccc1N. The van der Waals surface area contributed by atoms with Crippen LogP contribution >= 0.6 is 0 Å². The molecular formula is C12H14F3N3O3. The van der Waals surface area contributed by atoms with Crippen LogP contribution in [0.5, 0.6) is 5.75 Å². The van der Waals surface area contributed by atoms with E-state index in [9.17, 15) is 27.9 Å². The van der Waals surface area contributed by atoms with Crippen molar-refractivity contribution < 1.29 is 27.9 Å². The van der Waals surface area contributed by atoms with E-state index in [1.165, 1.54) is 19.2 Å². The fraction of sp³-hybridized carbons (Fsp3) is 0.333. The van der Waals surface area contributed by atoms with E-state index < -0.39 is 31.1 Å². The van der Waals surface area contributed by atoms with E-state index in [0.717, 1.165) is 11.0 Å². The third-order valence-electron chi connectivity index (χ3n) is 2.48. The van der Waals surface area contributed by atoms with Gasteiger partial charge in [0.1, 0.15) is 12.3 Å². The van der Waals surface area contributed by atoms with Crippen molar-refractivity contribution in [3.8, 4) is 5.75 Å². The van der Waals surface area contributed by atoms with Gasteiger partial charge in [0.05, 0.1) is 12.1 Å². The molecule has 116 valence electrons. The number of anilines is 1. The smallest absolute Gasteiger partial charge is 0.405 e. The van der Waals surface area contributed by atoms with Gasteiger partial charge in [-0.05, 0) is 18.2 Å². The predicted molar refractivity (Wildman–Crippen MR) is 68.5 cm³/mol. The summed E-state index contributed by atoms with van der Waals surface area (Å²) in [5, 5.41) is 10.9. The Morgan fingerprint density at radius 2 is 2.00 bits per heavy atom. The molecule has 21 heavy (non-hydrogen) atoms. The number of carbonyl (C=O) groups excluding carboxylic acids is 2. The molecular weight excluding hydrogens is 291 g/mol. The van der Waals surface area contributed by atoms with Crippen molar-refractivity contribution in [3.63, 3.8) is 0 Å². The number of rotatable bonds is 4. The van der Waals surface area contributed by atoms with Crippen LogP contribution in [-0.4, -0.2) is 48.1 Å². The summed E-state index contributed by atoms with van der Waals surface area (Å²) in [6, 6.07) is 3.70. The maximum atomic E-state index is 12.0. The molecule has 0 saturated heterocycles. The van der Waals surface area contributed by atoms with Crippen LogP contribution in [0.2, 0.25) is 0 Å². The number of nitrogens with one attached hydrogen (secondary N) is 1. The minimum Gasteiger partial charge on any atom is -0.508 e. The summed E-state index contributed by atoms with van der Waals surface area (Å²) in [7, 11) is 1.24. The first-order valence-corrected chi connectivity index (χ1v) is 5.77. The van der Waals surface area contributed by atoms with Crippen LogP contribution in [0, 0.1) is 0 Å². The molecule has 0 fully saturated rings. The van der Waals surface area contributed by atoms with Crippen molar-refractivity contribution in [1.29, 1.82) is 0 Å². The number of amides is 2. The Balaban J connectivity index is 2.66. The van der Waals surface area contributed by atoms with Gasteiger partial charge in [-0.25, -0.2) is 0 Å². The Morgan fingerprint density at radius 1 is 1.38 bits per heavy atom. The normalized spacial score (nSPS) is 11.0. The molecule has 9 heteroatoms. The predicted octanol–water partition coefficient (Wildman–Crippen LogP) is 0.725. The third kappa shape index (κ3) is 5.21. The van der Waals surface area contributed by atoms with Crippen molar-refractivity contribution in [2.75, 3.05) is 25.9 Å². The second-order valence-electron chi connectivity index (χ2n) is 4.32. The topological polar surface area (TPSA) is 95.7 Å². The molecule has 0 atom stereocenters. The molecule has 0 saturated carbocycles. The minimum atomic E-state index is -4.52. The average Bonchev–Trinajstić information content (AvgIpc) is 2.37. The number of nitrogens with zero attached hydrogens (tertiary/aromatic N) is 1. The van der Waals surface area contributed by atoms with E-state index in [1.807, 2.05) is 0 Å². The lowest BCUT2D eigenvalue weighted by Crippen LogP contribution is -2.41. The van der Waals surface area contributed by atoms with Crippen LogP contribution in [0.25, 0.3) is 0 Å². The largest absolute Gasteiger partial charge is 0.508 e. The van der Waals surface area contributed by atoms with Crippen molar-refractivity contribution in [2.24, 2.45) is 0 Å². The van der Waals surface area contributed by atoms with Gasteiger partial charge in [-0.2, -0.15) is 13.2 Å². The summed E-state index contributed by atoms with van der Waals surface area (Å²) in [5.74, 6) is -1.84. The lowest BCUT2D eigenvalue weighted by atomic mass is 10.1. The molecule has 6 nitrogen and oxygen atoms in total. The number of halogens is 3. The number of hydrogen-bond donors (Lipinski definition) is 3. The van der Waals surface area contributed by atoms with Crippen molar-refractivity contribution in [2.45, 2.75) is 6.18 Å². The first-order valence-electron chi connectivity index (χ1n) is 5.77. The van der Waals surface area contributed by atoms with Gasteiger partial charge in [-0.15, -0.1) is 0 Å². The number of benzene rings is 1. The molecule has 0 radical (unpaired) electrons. The molecule has 0 heterocycles. The second kappa shape index (κ2) is 6.33. The maximum Gasteiger partial charge on any atom is 0.405 e. The number of nitrogen functional groups attached to an aromatic ring is 1. The molecule has 0 bridgehead atoms. The highest BCUT2D eigenvalue weighted by atomic mass is 19.4. The highest BCUT2D eigenvalue weighted by Crippen LogP contribution is 2.19. The molecule has 2 amide bonds. The van der Waals surface area contributed by atoms with Crippen molar-refractivity contribution in [1.82, 2.24) is 10.2 Å². The number of nitrogens with two attached hydrogens (primary N) is 1. The van der Waals surface area contributed by atoms with Crippen LogP contribution in [0.3, 0.4) is 0 Å². The molecule has 0 aromatic heterocycles. The van der Waals surface area contributed by atoms with E-state index in [2.05, 4.69) is 0 Å². The average molecular weight is 305 g/mol. The number of likely N-dealkylation sites (N-methyl/N-ethyl adjacent to an activating group) is 1. The lowest BCUT2D eigenvalue weighted by Gasteiger charge is -2.18. The van der Waals surface area contributed by atoms with Gasteiger partial charge in [0, 0.05) is 12.7 Å². The molecule has 0 aliphatic heterocycles. The standard InChI is InChI=1S/C12H14F3N3O3/c1-18(5-10(20)17-6-12(13,14)15)11(21)8-4-7(19)2-3-9(8)16/h2-4,19H,5-6,16H2,1H3,(H,17,20). The zero-order chi connectivity index (χ0) is 16.2. The second-order valence-corrected chi connectivity index (χ2v) is 4.32. The summed E-state index contributed by atoms with van der Waals surface area (Å²) < 4.78 is 35.8. The first-order chi connectivity index (χ1) is 9.60. The van der Waals surface area contributed by atoms with Gasteiger partial charge >= 0.3 is 6.18 Å². The first kappa shape index (κ1) is 16.6. The fourth-order valence-electron chi connectivity index (χ4n) is 1.48. The fourth-order valence-corrected chi connectivity index (χ4v) is 1.48. The molecule has 1 rings (SSSR count). The van der Waals surface area contributed by atoms with Crippen LogP contribution in [0.4, 0.5) is 18.9 Å². The molecule has 1 aromatic rings. The summed E-state index contributed by atoms with van der Waals surface area (Å²) in [6.45, 7) is -2.04. The maximum absolute atomic E-state index is 12.0. The molecule has 4 N–H and O–H groups in total. The summed E-state index contributed by atoms with van der Waals surface area (Å²) in [4.78, 5) is 24.2. The Hall–Kier alpha value is -2.45. The summed E-state index contributed by atoms with van der Waals surface area (Å²) >= 11 is 0. The highest BCUT2D eigenvalue weighted by molar-refractivity contribution is 6.00. The third-order valence-corrected chi connectivity index (χ3v) is 2.48. The van der Waals surface area contributed by atoms with Gasteiger partial charge in [0.25, 0.3) is 5.91 Å². The zero-order valence-electron chi connectivity index (χ0n) is 11.1. The summed E-state index contributed by atoms with van der Waals surface area (Å²) in [5.41, 5.74) is 5.61. The number of alkyl halides is 3. The van der Waals surface area contributed by atoms with E-state index in [1.54, 1.807) is 5.32 Å². The van der Waals surface area contributed by atoms with Crippen LogP contribution in [0.1, 0.15) is 10.4 Å². The molecule has 0 spiro atoms. The molecule has 0 unspecified atom stereocenters. The number of hydrogen-bond acceptors (Lipinski definition) is 4.